The van der Waals surface area contributed by atoms with Gasteiger partial charge in [-0.15, -0.1) is 0 Å². The number of nitrogens with one attached hydrogen (secondary N) is 1. The number of carboxylic acid groups (broad SMARTS) is 1. The second-order valence-corrected chi connectivity index (χ2v) is 8.96. The van der Waals surface area contributed by atoms with E-state index in [2.05, 4.69) is 15.0 Å². The van der Waals surface area contributed by atoms with Crippen LogP contribution in [-0.4, -0.2) is 39.6 Å². The van der Waals surface area contributed by atoms with E-state index in [9.17, 15) is 18.3 Å². The van der Waals surface area contributed by atoms with E-state index in [0.29, 0.717) is 11.4 Å². The third-order valence-corrected chi connectivity index (χ3v) is 5.58. The molecule has 2 rings (SSSR count). The lowest BCUT2D eigenvalue weighted by Crippen LogP contribution is -2.41. The SMILES string of the molecule is CC(C)C[C@@H](NS(=O)(=O)c1ccc(N=Nc2ccc(N(C)C)cc2)cc1)C(=O)O. The van der Waals surface area contributed by atoms with E-state index in [1.165, 1.54) is 24.3 Å². The number of hydrogen-bond donors (Lipinski definition) is 2. The van der Waals surface area contributed by atoms with Gasteiger partial charge in [0.2, 0.25) is 10.0 Å². The zero-order valence-corrected chi connectivity index (χ0v) is 17.7. The average molecular weight is 419 g/mol. The Morgan fingerprint density at radius 3 is 1.90 bits per heavy atom. The van der Waals surface area contributed by atoms with Crippen molar-refractivity contribution in [1.29, 1.82) is 0 Å². The van der Waals surface area contributed by atoms with Crippen LogP contribution in [-0.2, 0) is 14.8 Å². The second kappa shape index (κ2) is 9.62. The molecule has 0 saturated carbocycles. The van der Waals surface area contributed by atoms with Gasteiger partial charge in [0.15, 0.2) is 0 Å². The summed E-state index contributed by atoms with van der Waals surface area (Å²) in [7, 11) is -0.0609. The Morgan fingerprint density at radius 1 is 1.00 bits per heavy atom. The number of rotatable bonds is 9. The number of sulfonamides is 1. The van der Waals surface area contributed by atoms with Gasteiger partial charge in [0.25, 0.3) is 0 Å². The summed E-state index contributed by atoms with van der Waals surface area (Å²) >= 11 is 0. The molecule has 0 aliphatic heterocycles. The van der Waals surface area contributed by atoms with Gasteiger partial charge >= 0.3 is 5.97 Å². The molecule has 156 valence electrons. The molecular weight excluding hydrogens is 392 g/mol. The minimum Gasteiger partial charge on any atom is -0.480 e. The number of azo groups is 1. The summed E-state index contributed by atoms with van der Waals surface area (Å²) < 4.78 is 27.2. The molecule has 0 unspecified atom stereocenters. The summed E-state index contributed by atoms with van der Waals surface area (Å²) in [6.45, 7) is 3.66. The number of aliphatic carboxylic acids is 1. The van der Waals surface area contributed by atoms with Crippen LogP contribution in [0.5, 0.6) is 0 Å². The number of nitrogens with zero attached hydrogens (tertiary/aromatic N) is 3. The van der Waals surface area contributed by atoms with Crippen LogP contribution >= 0.6 is 0 Å². The first-order chi connectivity index (χ1) is 13.6. The maximum atomic E-state index is 12.5. The van der Waals surface area contributed by atoms with Gasteiger partial charge in [0, 0.05) is 19.8 Å². The monoisotopic (exact) mass is 418 g/mol. The van der Waals surface area contributed by atoms with Crippen LogP contribution in [0.1, 0.15) is 20.3 Å². The number of carbonyl (C=O) groups is 1. The largest absolute Gasteiger partial charge is 0.480 e. The Bertz CT molecular complexity index is 953. The summed E-state index contributed by atoms with van der Waals surface area (Å²) in [6.07, 6.45) is 0.202. The van der Waals surface area contributed by atoms with Gasteiger partial charge < -0.3 is 10.0 Å². The minimum atomic E-state index is -3.95. The molecule has 8 nitrogen and oxygen atoms in total. The van der Waals surface area contributed by atoms with E-state index >= 15 is 0 Å². The Balaban J connectivity index is 2.11. The molecule has 0 aromatic heterocycles. The van der Waals surface area contributed by atoms with Crippen LogP contribution in [0.15, 0.2) is 63.7 Å². The predicted octanol–water partition coefficient (Wildman–Crippen LogP) is 3.95. The molecule has 0 heterocycles. The quantitative estimate of drug-likeness (QED) is 0.599. The molecule has 2 N–H and O–H groups in total. The molecule has 0 aliphatic carbocycles. The predicted molar refractivity (Wildman–Crippen MR) is 113 cm³/mol. The van der Waals surface area contributed by atoms with E-state index in [1.807, 2.05) is 57.1 Å². The van der Waals surface area contributed by atoms with Crippen molar-refractivity contribution in [2.24, 2.45) is 16.1 Å². The Hall–Kier alpha value is -2.78. The van der Waals surface area contributed by atoms with Crippen LogP contribution in [0.25, 0.3) is 0 Å². The fraction of sp³-hybridized carbons (Fsp3) is 0.350. The Kier molecular flexibility index (Phi) is 7.46. The first-order valence-electron chi connectivity index (χ1n) is 9.13. The van der Waals surface area contributed by atoms with Gasteiger partial charge in [-0.1, -0.05) is 13.8 Å². The van der Waals surface area contributed by atoms with E-state index < -0.39 is 22.0 Å². The fourth-order valence-electron chi connectivity index (χ4n) is 2.55. The lowest BCUT2D eigenvalue weighted by Gasteiger charge is -2.16. The number of hydrogen-bond acceptors (Lipinski definition) is 6. The second-order valence-electron chi connectivity index (χ2n) is 7.25. The molecule has 29 heavy (non-hydrogen) atoms. The third kappa shape index (κ3) is 6.65. The molecule has 1 atom stereocenters. The standard InChI is InChI=1S/C20H26N4O4S/c1-14(2)13-19(20(25)26)23-29(27,28)18-11-7-16(8-12-18)22-21-15-5-9-17(10-6-15)24(3)4/h5-12,14,19,23H,13H2,1-4H3,(H,25,26)/t19-/m1/s1. The normalized spacial score (nSPS) is 13.0. The topological polar surface area (TPSA) is 111 Å². The molecule has 0 amide bonds. The number of anilines is 1. The van der Waals surface area contributed by atoms with Gasteiger partial charge in [-0.05, 0) is 60.9 Å². The fourth-order valence-corrected chi connectivity index (χ4v) is 3.75. The average Bonchev–Trinajstić information content (AvgIpc) is 2.66. The van der Waals surface area contributed by atoms with Gasteiger partial charge in [-0.3, -0.25) is 4.79 Å². The van der Waals surface area contributed by atoms with Gasteiger partial charge in [0.05, 0.1) is 16.3 Å². The van der Waals surface area contributed by atoms with E-state index in [-0.39, 0.29) is 17.2 Å². The van der Waals surface area contributed by atoms with Crippen LogP contribution in [0.2, 0.25) is 0 Å². The van der Waals surface area contributed by atoms with Gasteiger partial charge in [-0.25, -0.2) is 8.42 Å². The van der Waals surface area contributed by atoms with E-state index in [1.54, 1.807) is 0 Å². The van der Waals surface area contributed by atoms with Crippen molar-refractivity contribution >= 4 is 33.1 Å². The zero-order chi connectivity index (χ0) is 21.6. The first-order valence-corrected chi connectivity index (χ1v) is 10.6. The van der Waals surface area contributed by atoms with Crippen molar-refractivity contribution in [1.82, 2.24) is 4.72 Å². The molecule has 2 aromatic carbocycles. The Morgan fingerprint density at radius 2 is 1.48 bits per heavy atom. The molecule has 0 saturated heterocycles. The lowest BCUT2D eigenvalue weighted by atomic mass is 10.1. The lowest BCUT2D eigenvalue weighted by molar-refractivity contribution is -0.139. The van der Waals surface area contributed by atoms with Crippen LogP contribution in [0.3, 0.4) is 0 Å². The zero-order valence-electron chi connectivity index (χ0n) is 16.9. The van der Waals surface area contributed by atoms with E-state index in [0.717, 1.165) is 5.69 Å². The highest BCUT2D eigenvalue weighted by Crippen LogP contribution is 2.22. The van der Waals surface area contributed by atoms with E-state index in [4.69, 9.17) is 0 Å². The highest BCUT2D eigenvalue weighted by molar-refractivity contribution is 7.89. The van der Waals surface area contributed by atoms with Gasteiger partial charge in [-0.2, -0.15) is 15.0 Å². The van der Waals surface area contributed by atoms with Crippen LogP contribution in [0.4, 0.5) is 17.1 Å². The summed E-state index contributed by atoms with van der Waals surface area (Å²) in [6, 6.07) is 12.1. The van der Waals surface area contributed by atoms with Crippen molar-refractivity contribution in [2.45, 2.75) is 31.2 Å². The van der Waals surface area contributed by atoms with Crippen molar-refractivity contribution in [3.05, 3.63) is 48.5 Å². The molecule has 0 bridgehead atoms. The van der Waals surface area contributed by atoms with Crippen LogP contribution < -0.4 is 9.62 Å². The molecular formula is C20H26N4O4S. The maximum absolute atomic E-state index is 12.5. The molecule has 9 heteroatoms. The first kappa shape index (κ1) is 22.5. The summed E-state index contributed by atoms with van der Waals surface area (Å²) in [5.41, 5.74) is 2.20. The summed E-state index contributed by atoms with van der Waals surface area (Å²) in [4.78, 5) is 13.3. The Labute approximate surface area is 171 Å². The van der Waals surface area contributed by atoms with Gasteiger partial charge in [0.1, 0.15) is 6.04 Å². The molecule has 0 radical (unpaired) electrons. The summed E-state index contributed by atoms with van der Waals surface area (Å²) in [5, 5.41) is 17.5. The highest BCUT2D eigenvalue weighted by Gasteiger charge is 2.26. The smallest absolute Gasteiger partial charge is 0.321 e. The van der Waals surface area contributed by atoms with Crippen molar-refractivity contribution in [3.63, 3.8) is 0 Å². The van der Waals surface area contributed by atoms with Crippen molar-refractivity contribution in [3.8, 4) is 0 Å². The summed E-state index contributed by atoms with van der Waals surface area (Å²) in [5.74, 6) is -1.17. The molecule has 0 spiro atoms. The number of carboxylic acids is 1. The number of benzene rings is 2. The maximum Gasteiger partial charge on any atom is 0.321 e. The van der Waals surface area contributed by atoms with Crippen LogP contribution in [0, 0.1) is 5.92 Å². The van der Waals surface area contributed by atoms with Crippen molar-refractivity contribution < 1.29 is 18.3 Å². The highest BCUT2D eigenvalue weighted by atomic mass is 32.2. The molecule has 0 fully saturated rings. The minimum absolute atomic E-state index is 0.0261. The molecule has 2 aromatic rings. The van der Waals surface area contributed by atoms with Crippen molar-refractivity contribution in [2.75, 3.05) is 19.0 Å². The third-order valence-electron chi connectivity index (χ3n) is 4.10. The molecule has 0 aliphatic rings.